The molecule has 0 bridgehead atoms. The van der Waals surface area contributed by atoms with Crippen LogP contribution in [0.4, 0.5) is 0 Å². The highest BCUT2D eigenvalue weighted by Crippen LogP contribution is 2.11. The van der Waals surface area contributed by atoms with Crippen molar-refractivity contribution < 1.29 is 4.79 Å². The summed E-state index contributed by atoms with van der Waals surface area (Å²) in [7, 11) is 0. The van der Waals surface area contributed by atoms with E-state index in [0.29, 0.717) is 12.6 Å². The van der Waals surface area contributed by atoms with Gasteiger partial charge in [-0.25, -0.2) is 0 Å². The standard InChI is InChI=1S/C13H28N4O/c1-5-15-13(4,12(14)18)10-16-6-8-17(9-7-16)11(2)3/h11,15H,5-10H2,1-4H3,(H2,14,18). The average molecular weight is 256 g/mol. The van der Waals surface area contributed by atoms with Crippen molar-refractivity contribution in [3.63, 3.8) is 0 Å². The maximum Gasteiger partial charge on any atom is 0.238 e. The Balaban J connectivity index is 2.50. The predicted octanol–water partition coefficient (Wildman–Crippen LogP) is -0.134. The van der Waals surface area contributed by atoms with Crippen molar-refractivity contribution in [2.24, 2.45) is 5.73 Å². The molecule has 5 heteroatoms. The van der Waals surface area contributed by atoms with Gasteiger partial charge in [-0.15, -0.1) is 0 Å². The summed E-state index contributed by atoms with van der Waals surface area (Å²) in [4.78, 5) is 16.4. The summed E-state index contributed by atoms with van der Waals surface area (Å²) in [6, 6.07) is 0.600. The SMILES string of the molecule is CCNC(C)(CN1CCN(C(C)C)CC1)C(N)=O. The van der Waals surface area contributed by atoms with E-state index in [4.69, 9.17) is 5.73 Å². The van der Waals surface area contributed by atoms with E-state index in [2.05, 4.69) is 29.0 Å². The third-order valence-electron chi connectivity index (χ3n) is 3.79. The van der Waals surface area contributed by atoms with Gasteiger partial charge in [-0.3, -0.25) is 14.6 Å². The monoisotopic (exact) mass is 256 g/mol. The first-order chi connectivity index (χ1) is 8.39. The molecule has 0 aromatic rings. The zero-order valence-corrected chi connectivity index (χ0v) is 12.2. The van der Waals surface area contributed by atoms with Crippen LogP contribution < -0.4 is 11.1 Å². The lowest BCUT2D eigenvalue weighted by atomic mass is 10.00. The summed E-state index contributed by atoms with van der Waals surface area (Å²) >= 11 is 0. The molecule has 1 unspecified atom stereocenters. The second-order valence-electron chi connectivity index (χ2n) is 5.63. The Labute approximate surface area is 111 Å². The molecule has 5 nitrogen and oxygen atoms in total. The molecule has 1 rings (SSSR count). The first-order valence-corrected chi connectivity index (χ1v) is 6.90. The second kappa shape index (κ2) is 6.50. The Morgan fingerprint density at radius 2 is 1.89 bits per heavy atom. The van der Waals surface area contributed by atoms with Crippen LogP contribution in [0.15, 0.2) is 0 Å². The van der Waals surface area contributed by atoms with Crippen molar-refractivity contribution in [3.05, 3.63) is 0 Å². The Morgan fingerprint density at radius 1 is 1.33 bits per heavy atom. The molecule has 1 fully saturated rings. The fourth-order valence-corrected chi connectivity index (χ4v) is 2.50. The molecule has 1 heterocycles. The molecule has 0 spiro atoms. The summed E-state index contributed by atoms with van der Waals surface area (Å²) in [5.41, 5.74) is 4.89. The number of amides is 1. The number of hydrogen-bond donors (Lipinski definition) is 2. The summed E-state index contributed by atoms with van der Waals surface area (Å²) < 4.78 is 0. The highest BCUT2D eigenvalue weighted by molar-refractivity contribution is 5.84. The Hall–Kier alpha value is -0.650. The molecule has 0 aromatic heterocycles. The minimum Gasteiger partial charge on any atom is -0.368 e. The minimum atomic E-state index is -0.616. The molecule has 1 aliphatic heterocycles. The van der Waals surface area contributed by atoms with Crippen LogP contribution in [0.25, 0.3) is 0 Å². The highest BCUT2D eigenvalue weighted by Gasteiger charge is 2.33. The van der Waals surface area contributed by atoms with Crippen molar-refractivity contribution in [1.82, 2.24) is 15.1 Å². The number of nitrogens with zero attached hydrogens (tertiary/aromatic N) is 2. The molecule has 0 saturated carbocycles. The summed E-state index contributed by atoms with van der Waals surface area (Å²) in [6.07, 6.45) is 0. The van der Waals surface area contributed by atoms with Crippen LogP contribution in [0.1, 0.15) is 27.7 Å². The molecule has 1 aliphatic rings. The van der Waals surface area contributed by atoms with Gasteiger partial charge in [0, 0.05) is 38.8 Å². The van der Waals surface area contributed by atoms with Crippen LogP contribution in [-0.4, -0.2) is 66.6 Å². The maximum atomic E-state index is 11.6. The van der Waals surface area contributed by atoms with Gasteiger partial charge in [0.1, 0.15) is 5.54 Å². The van der Waals surface area contributed by atoms with Gasteiger partial charge in [-0.2, -0.15) is 0 Å². The summed E-state index contributed by atoms with van der Waals surface area (Å²) in [5.74, 6) is -0.268. The number of rotatable bonds is 6. The van der Waals surface area contributed by atoms with Crippen molar-refractivity contribution in [1.29, 1.82) is 0 Å². The van der Waals surface area contributed by atoms with Crippen molar-refractivity contribution in [3.8, 4) is 0 Å². The van der Waals surface area contributed by atoms with E-state index in [1.165, 1.54) is 0 Å². The van der Waals surface area contributed by atoms with Gasteiger partial charge in [0.2, 0.25) is 5.91 Å². The Kier molecular flexibility index (Phi) is 5.56. The molecular weight excluding hydrogens is 228 g/mol. The van der Waals surface area contributed by atoms with E-state index >= 15 is 0 Å². The highest BCUT2D eigenvalue weighted by atomic mass is 16.1. The van der Waals surface area contributed by atoms with Crippen LogP contribution >= 0.6 is 0 Å². The molecule has 18 heavy (non-hydrogen) atoms. The van der Waals surface area contributed by atoms with Crippen LogP contribution in [0.5, 0.6) is 0 Å². The number of likely N-dealkylation sites (N-methyl/N-ethyl adjacent to an activating group) is 1. The van der Waals surface area contributed by atoms with E-state index in [-0.39, 0.29) is 5.91 Å². The maximum absolute atomic E-state index is 11.6. The van der Waals surface area contributed by atoms with Crippen LogP contribution in [0.2, 0.25) is 0 Å². The van der Waals surface area contributed by atoms with Crippen molar-refractivity contribution in [2.75, 3.05) is 39.3 Å². The van der Waals surface area contributed by atoms with Crippen LogP contribution in [0.3, 0.4) is 0 Å². The number of carbonyl (C=O) groups is 1. The van der Waals surface area contributed by atoms with Gasteiger partial charge >= 0.3 is 0 Å². The predicted molar refractivity (Wildman–Crippen MR) is 74.4 cm³/mol. The molecule has 0 aromatic carbocycles. The average Bonchev–Trinajstić information content (AvgIpc) is 2.29. The number of carbonyl (C=O) groups excluding carboxylic acids is 1. The molecular formula is C13H28N4O. The first-order valence-electron chi connectivity index (χ1n) is 6.90. The summed E-state index contributed by atoms with van der Waals surface area (Å²) in [5, 5.41) is 3.21. The van der Waals surface area contributed by atoms with Gasteiger partial charge < -0.3 is 11.1 Å². The van der Waals surface area contributed by atoms with Gasteiger partial charge in [-0.05, 0) is 27.3 Å². The van der Waals surface area contributed by atoms with E-state index in [1.807, 2.05) is 13.8 Å². The lowest BCUT2D eigenvalue weighted by molar-refractivity contribution is -0.124. The van der Waals surface area contributed by atoms with E-state index in [1.54, 1.807) is 0 Å². The molecule has 106 valence electrons. The second-order valence-corrected chi connectivity index (χ2v) is 5.63. The number of nitrogens with one attached hydrogen (secondary N) is 1. The zero-order valence-electron chi connectivity index (χ0n) is 12.2. The third-order valence-corrected chi connectivity index (χ3v) is 3.79. The number of nitrogens with two attached hydrogens (primary N) is 1. The van der Waals surface area contributed by atoms with Gasteiger partial charge in [-0.1, -0.05) is 6.92 Å². The van der Waals surface area contributed by atoms with Crippen LogP contribution in [-0.2, 0) is 4.79 Å². The van der Waals surface area contributed by atoms with E-state index in [9.17, 15) is 4.79 Å². The molecule has 1 atom stereocenters. The van der Waals surface area contributed by atoms with Gasteiger partial charge in [0.25, 0.3) is 0 Å². The van der Waals surface area contributed by atoms with E-state index in [0.717, 1.165) is 32.7 Å². The summed E-state index contributed by atoms with van der Waals surface area (Å²) in [6.45, 7) is 13.9. The van der Waals surface area contributed by atoms with Crippen LogP contribution in [0, 0.1) is 0 Å². The zero-order chi connectivity index (χ0) is 13.8. The van der Waals surface area contributed by atoms with E-state index < -0.39 is 5.54 Å². The Bertz CT molecular complexity index is 274. The fourth-order valence-electron chi connectivity index (χ4n) is 2.50. The number of primary amides is 1. The van der Waals surface area contributed by atoms with Gasteiger partial charge in [0.05, 0.1) is 0 Å². The minimum absolute atomic E-state index is 0.268. The smallest absolute Gasteiger partial charge is 0.238 e. The molecule has 1 amide bonds. The third kappa shape index (κ3) is 3.93. The molecule has 3 N–H and O–H groups in total. The largest absolute Gasteiger partial charge is 0.368 e. The van der Waals surface area contributed by atoms with Crippen molar-refractivity contribution in [2.45, 2.75) is 39.3 Å². The lowest BCUT2D eigenvalue weighted by Crippen LogP contribution is -2.62. The fraction of sp³-hybridized carbons (Fsp3) is 0.923. The molecule has 0 radical (unpaired) electrons. The first kappa shape index (κ1) is 15.4. The van der Waals surface area contributed by atoms with Crippen molar-refractivity contribution >= 4 is 5.91 Å². The number of piperazine rings is 1. The lowest BCUT2D eigenvalue weighted by Gasteiger charge is -2.40. The molecule has 0 aliphatic carbocycles. The molecule has 1 saturated heterocycles. The topological polar surface area (TPSA) is 61.6 Å². The Morgan fingerprint density at radius 3 is 2.28 bits per heavy atom. The normalized spacial score (nSPS) is 22.1. The quantitative estimate of drug-likeness (QED) is 0.695. The number of hydrogen-bond acceptors (Lipinski definition) is 4. The van der Waals surface area contributed by atoms with Gasteiger partial charge in [0.15, 0.2) is 0 Å².